The van der Waals surface area contributed by atoms with E-state index in [0.29, 0.717) is 18.5 Å². The van der Waals surface area contributed by atoms with Crippen LogP contribution in [0.4, 0.5) is 0 Å². The molecule has 0 bridgehead atoms. The molecule has 3 unspecified atom stereocenters. The van der Waals surface area contributed by atoms with Crippen LogP contribution >= 0.6 is 0 Å². The Balaban J connectivity index is 1.75. The fourth-order valence-electron chi connectivity index (χ4n) is 3.68. The van der Waals surface area contributed by atoms with Crippen molar-refractivity contribution in [2.75, 3.05) is 6.54 Å². The molecule has 0 aliphatic carbocycles. The van der Waals surface area contributed by atoms with Gasteiger partial charge in [-0.05, 0) is 31.0 Å². The van der Waals surface area contributed by atoms with E-state index in [1.165, 1.54) is 0 Å². The summed E-state index contributed by atoms with van der Waals surface area (Å²) in [6.45, 7) is 2.19. The third kappa shape index (κ3) is 4.39. The van der Waals surface area contributed by atoms with Gasteiger partial charge in [-0.2, -0.15) is 0 Å². The molecule has 0 radical (unpaired) electrons. The summed E-state index contributed by atoms with van der Waals surface area (Å²) < 4.78 is 0. The Labute approximate surface area is 164 Å². The molecule has 1 saturated heterocycles. The first-order valence-electron chi connectivity index (χ1n) is 9.40. The van der Waals surface area contributed by atoms with Gasteiger partial charge in [0, 0.05) is 18.2 Å². The van der Waals surface area contributed by atoms with Gasteiger partial charge in [0.2, 0.25) is 5.91 Å². The minimum Gasteiger partial charge on any atom is -0.481 e. The SMILES string of the molecule is CC1C(C(=O)O)CCN1C(=O)CC(NC(=O)c1ccccc1)c1ccccc1. The van der Waals surface area contributed by atoms with Crippen molar-refractivity contribution in [2.24, 2.45) is 5.92 Å². The molecule has 2 N–H and O–H groups in total. The molecule has 0 aromatic heterocycles. The lowest BCUT2D eigenvalue weighted by Crippen LogP contribution is -2.40. The van der Waals surface area contributed by atoms with Crippen LogP contribution in [0.1, 0.15) is 41.7 Å². The van der Waals surface area contributed by atoms with Crippen molar-refractivity contribution < 1.29 is 19.5 Å². The highest BCUT2D eigenvalue weighted by Crippen LogP contribution is 2.27. The van der Waals surface area contributed by atoms with Crippen molar-refractivity contribution in [3.05, 3.63) is 71.8 Å². The first kappa shape index (κ1) is 19.6. The number of nitrogens with zero attached hydrogens (tertiary/aromatic N) is 1. The maximum Gasteiger partial charge on any atom is 0.308 e. The van der Waals surface area contributed by atoms with Crippen LogP contribution < -0.4 is 5.32 Å². The molecule has 3 atom stereocenters. The average molecular weight is 380 g/mol. The summed E-state index contributed by atoms with van der Waals surface area (Å²) in [5.41, 5.74) is 1.36. The monoisotopic (exact) mass is 380 g/mol. The third-order valence-corrected chi connectivity index (χ3v) is 5.31. The van der Waals surface area contributed by atoms with E-state index in [1.807, 2.05) is 36.4 Å². The molecule has 2 aromatic carbocycles. The molecule has 3 rings (SSSR count). The molecule has 1 heterocycles. The largest absolute Gasteiger partial charge is 0.481 e. The highest BCUT2D eigenvalue weighted by atomic mass is 16.4. The number of nitrogens with one attached hydrogen (secondary N) is 1. The standard InChI is InChI=1S/C22H24N2O4/c1-15-18(22(27)28)12-13-24(15)20(25)14-19(16-8-4-2-5-9-16)23-21(26)17-10-6-3-7-11-17/h2-11,15,18-19H,12-14H2,1H3,(H,23,26)(H,27,28). The van der Waals surface area contributed by atoms with E-state index in [2.05, 4.69) is 5.32 Å². The number of benzene rings is 2. The number of rotatable bonds is 6. The smallest absolute Gasteiger partial charge is 0.308 e. The van der Waals surface area contributed by atoms with Gasteiger partial charge < -0.3 is 15.3 Å². The van der Waals surface area contributed by atoms with E-state index in [9.17, 15) is 19.5 Å². The second-order valence-electron chi connectivity index (χ2n) is 7.07. The molecule has 2 aromatic rings. The summed E-state index contributed by atoms with van der Waals surface area (Å²) in [6.07, 6.45) is 0.536. The van der Waals surface area contributed by atoms with E-state index < -0.39 is 17.9 Å². The quantitative estimate of drug-likeness (QED) is 0.807. The Morgan fingerprint density at radius 2 is 1.68 bits per heavy atom. The first-order valence-corrected chi connectivity index (χ1v) is 9.40. The van der Waals surface area contributed by atoms with Crippen molar-refractivity contribution in [1.82, 2.24) is 10.2 Å². The normalized spacial score (nSPS) is 19.8. The van der Waals surface area contributed by atoms with Gasteiger partial charge in [-0.15, -0.1) is 0 Å². The van der Waals surface area contributed by atoms with E-state index in [4.69, 9.17) is 0 Å². The number of likely N-dealkylation sites (tertiary alicyclic amines) is 1. The highest BCUT2D eigenvalue weighted by Gasteiger charge is 2.38. The molecular formula is C22H24N2O4. The van der Waals surface area contributed by atoms with Crippen LogP contribution in [0.2, 0.25) is 0 Å². The topological polar surface area (TPSA) is 86.7 Å². The molecule has 28 heavy (non-hydrogen) atoms. The predicted octanol–water partition coefficient (Wildman–Crippen LogP) is 2.87. The number of amides is 2. The lowest BCUT2D eigenvalue weighted by molar-refractivity contribution is -0.143. The third-order valence-electron chi connectivity index (χ3n) is 5.31. The van der Waals surface area contributed by atoms with Crippen LogP contribution in [0, 0.1) is 5.92 Å². The fraction of sp³-hybridized carbons (Fsp3) is 0.318. The van der Waals surface area contributed by atoms with Crippen molar-refractivity contribution in [3.63, 3.8) is 0 Å². The Bertz CT molecular complexity index is 838. The summed E-state index contributed by atoms with van der Waals surface area (Å²) in [5, 5.41) is 12.2. The molecule has 1 fully saturated rings. The number of hydrogen-bond donors (Lipinski definition) is 2. The zero-order valence-corrected chi connectivity index (χ0v) is 15.7. The summed E-state index contributed by atoms with van der Waals surface area (Å²) in [7, 11) is 0. The molecule has 2 amide bonds. The molecule has 6 nitrogen and oxygen atoms in total. The van der Waals surface area contributed by atoms with Crippen LogP contribution in [0.5, 0.6) is 0 Å². The van der Waals surface area contributed by atoms with Gasteiger partial charge in [-0.25, -0.2) is 0 Å². The van der Waals surface area contributed by atoms with Crippen LogP contribution in [0.25, 0.3) is 0 Å². The molecule has 146 valence electrons. The number of carbonyl (C=O) groups is 3. The van der Waals surface area contributed by atoms with Crippen LogP contribution in [0.3, 0.4) is 0 Å². The zero-order valence-electron chi connectivity index (χ0n) is 15.7. The number of carboxylic acid groups (broad SMARTS) is 1. The lowest BCUT2D eigenvalue weighted by Gasteiger charge is -2.26. The Hall–Kier alpha value is -3.15. The van der Waals surface area contributed by atoms with Crippen molar-refractivity contribution in [2.45, 2.75) is 31.8 Å². The van der Waals surface area contributed by atoms with Gasteiger partial charge in [-0.1, -0.05) is 48.5 Å². The average Bonchev–Trinajstić information content (AvgIpc) is 3.10. The Morgan fingerprint density at radius 3 is 2.25 bits per heavy atom. The fourth-order valence-corrected chi connectivity index (χ4v) is 3.68. The van der Waals surface area contributed by atoms with Gasteiger partial charge in [0.1, 0.15) is 0 Å². The van der Waals surface area contributed by atoms with E-state index in [0.717, 1.165) is 5.56 Å². The summed E-state index contributed by atoms with van der Waals surface area (Å²) in [6, 6.07) is 17.4. The summed E-state index contributed by atoms with van der Waals surface area (Å²) in [4.78, 5) is 38.5. The van der Waals surface area contributed by atoms with Crippen LogP contribution in [-0.4, -0.2) is 40.4 Å². The van der Waals surface area contributed by atoms with Crippen molar-refractivity contribution >= 4 is 17.8 Å². The minimum absolute atomic E-state index is 0.0826. The molecule has 0 spiro atoms. The maximum absolute atomic E-state index is 12.9. The van der Waals surface area contributed by atoms with E-state index >= 15 is 0 Å². The Kier molecular flexibility index (Phi) is 6.09. The van der Waals surface area contributed by atoms with Gasteiger partial charge in [0.05, 0.1) is 18.4 Å². The molecule has 1 aliphatic rings. The minimum atomic E-state index is -0.875. The van der Waals surface area contributed by atoms with Crippen molar-refractivity contribution in [3.8, 4) is 0 Å². The van der Waals surface area contributed by atoms with Gasteiger partial charge in [-0.3, -0.25) is 14.4 Å². The summed E-state index contributed by atoms with van der Waals surface area (Å²) >= 11 is 0. The maximum atomic E-state index is 12.9. The second kappa shape index (κ2) is 8.69. The number of hydrogen-bond acceptors (Lipinski definition) is 3. The van der Waals surface area contributed by atoms with Gasteiger partial charge >= 0.3 is 5.97 Å². The van der Waals surface area contributed by atoms with E-state index in [-0.39, 0.29) is 24.3 Å². The van der Waals surface area contributed by atoms with Crippen molar-refractivity contribution in [1.29, 1.82) is 0 Å². The Morgan fingerprint density at radius 1 is 1.07 bits per heavy atom. The lowest BCUT2D eigenvalue weighted by atomic mass is 10.0. The summed E-state index contributed by atoms with van der Waals surface area (Å²) in [5.74, 6) is -1.82. The van der Waals surface area contributed by atoms with Gasteiger partial charge in [0.15, 0.2) is 0 Å². The first-order chi connectivity index (χ1) is 13.5. The molecule has 1 aliphatic heterocycles. The molecular weight excluding hydrogens is 356 g/mol. The second-order valence-corrected chi connectivity index (χ2v) is 7.07. The number of carboxylic acids is 1. The number of aliphatic carboxylic acids is 1. The van der Waals surface area contributed by atoms with Gasteiger partial charge in [0.25, 0.3) is 5.91 Å². The number of carbonyl (C=O) groups excluding carboxylic acids is 2. The highest BCUT2D eigenvalue weighted by molar-refractivity contribution is 5.94. The molecule has 0 saturated carbocycles. The van der Waals surface area contributed by atoms with Crippen LogP contribution in [0.15, 0.2) is 60.7 Å². The van der Waals surface area contributed by atoms with Crippen LogP contribution in [-0.2, 0) is 9.59 Å². The zero-order chi connectivity index (χ0) is 20.1. The van der Waals surface area contributed by atoms with E-state index in [1.54, 1.807) is 36.1 Å². The molecule has 6 heteroatoms. The predicted molar refractivity (Wildman–Crippen MR) is 105 cm³/mol.